The van der Waals surface area contributed by atoms with Crippen LogP contribution in [0.5, 0.6) is 0 Å². The fraction of sp³-hybridized carbons (Fsp3) is 0.583. The Kier molecular flexibility index (Phi) is 3.66. The predicted octanol–water partition coefficient (Wildman–Crippen LogP) is 0.0677. The van der Waals surface area contributed by atoms with E-state index in [-0.39, 0.29) is 12.0 Å². The SMILES string of the molecule is CC(CN1CCOCC1)Nc1nc(N)nc2[nH]ncc12. The van der Waals surface area contributed by atoms with Gasteiger partial charge < -0.3 is 15.8 Å². The summed E-state index contributed by atoms with van der Waals surface area (Å²) in [5.41, 5.74) is 6.36. The molecule has 8 heteroatoms. The van der Waals surface area contributed by atoms with Crippen LogP contribution in [0.4, 0.5) is 11.8 Å². The zero-order chi connectivity index (χ0) is 13.9. The number of aromatic amines is 1. The second-order valence-corrected chi connectivity index (χ2v) is 5.02. The number of aromatic nitrogens is 4. The topological polar surface area (TPSA) is 105 Å². The van der Waals surface area contributed by atoms with Gasteiger partial charge in [0.1, 0.15) is 5.82 Å². The summed E-state index contributed by atoms with van der Waals surface area (Å²) in [5, 5.41) is 11.0. The number of rotatable bonds is 4. The fourth-order valence-electron chi connectivity index (χ4n) is 2.41. The van der Waals surface area contributed by atoms with Crippen molar-refractivity contribution < 1.29 is 4.74 Å². The van der Waals surface area contributed by atoms with Crippen LogP contribution in [0.15, 0.2) is 6.20 Å². The first-order valence-electron chi connectivity index (χ1n) is 6.75. The Labute approximate surface area is 116 Å². The van der Waals surface area contributed by atoms with Gasteiger partial charge in [0.2, 0.25) is 5.95 Å². The Morgan fingerprint density at radius 3 is 3.05 bits per heavy atom. The zero-order valence-corrected chi connectivity index (χ0v) is 11.5. The third-order valence-electron chi connectivity index (χ3n) is 3.35. The van der Waals surface area contributed by atoms with Gasteiger partial charge in [-0.25, -0.2) is 0 Å². The molecule has 0 aromatic carbocycles. The molecule has 1 aliphatic rings. The molecule has 1 saturated heterocycles. The molecule has 0 bridgehead atoms. The first-order valence-corrected chi connectivity index (χ1v) is 6.75. The van der Waals surface area contributed by atoms with E-state index in [0.29, 0.717) is 5.65 Å². The van der Waals surface area contributed by atoms with Gasteiger partial charge in [-0.15, -0.1) is 0 Å². The summed E-state index contributed by atoms with van der Waals surface area (Å²) in [6.07, 6.45) is 1.71. The molecule has 3 rings (SSSR count). The molecule has 108 valence electrons. The Bertz CT molecular complexity index is 578. The van der Waals surface area contributed by atoms with Gasteiger partial charge in [0.15, 0.2) is 5.65 Å². The molecule has 3 heterocycles. The summed E-state index contributed by atoms with van der Waals surface area (Å²) in [6, 6.07) is 0.250. The van der Waals surface area contributed by atoms with E-state index in [0.717, 1.165) is 44.1 Å². The van der Waals surface area contributed by atoms with E-state index in [1.807, 2.05) is 0 Å². The van der Waals surface area contributed by atoms with Gasteiger partial charge in [-0.2, -0.15) is 15.1 Å². The molecule has 4 N–H and O–H groups in total. The Hall–Kier alpha value is -1.93. The first kappa shape index (κ1) is 13.1. The summed E-state index contributed by atoms with van der Waals surface area (Å²) in [4.78, 5) is 10.7. The van der Waals surface area contributed by atoms with Crippen molar-refractivity contribution in [3.63, 3.8) is 0 Å². The molecular weight excluding hydrogens is 258 g/mol. The van der Waals surface area contributed by atoms with Crippen molar-refractivity contribution in [2.75, 3.05) is 43.9 Å². The van der Waals surface area contributed by atoms with Gasteiger partial charge in [-0.3, -0.25) is 10.00 Å². The minimum absolute atomic E-state index is 0.239. The number of morpholine rings is 1. The minimum Gasteiger partial charge on any atom is -0.379 e. The highest BCUT2D eigenvalue weighted by Gasteiger charge is 2.15. The second-order valence-electron chi connectivity index (χ2n) is 5.02. The molecule has 0 saturated carbocycles. The number of nitrogens with one attached hydrogen (secondary N) is 2. The summed E-state index contributed by atoms with van der Waals surface area (Å²) in [7, 11) is 0. The van der Waals surface area contributed by atoms with E-state index in [1.165, 1.54) is 0 Å². The van der Waals surface area contributed by atoms with Crippen molar-refractivity contribution in [3.05, 3.63) is 6.20 Å². The highest BCUT2D eigenvalue weighted by Crippen LogP contribution is 2.19. The number of nitrogens with two attached hydrogens (primary N) is 1. The molecule has 0 aliphatic carbocycles. The maximum atomic E-state index is 5.71. The van der Waals surface area contributed by atoms with E-state index in [4.69, 9.17) is 10.5 Å². The molecular formula is C12H19N7O. The van der Waals surface area contributed by atoms with Crippen molar-refractivity contribution >= 4 is 22.8 Å². The monoisotopic (exact) mass is 277 g/mol. The van der Waals surface area contributed by atoms with Crippen LogP contribution in [0.3, 0.4) is 0 Å². The number of nitrogens with zero attached hydrogens (tertiary/aromatic N) is 4. The normalized spacial score (nSPS) is 18.2. The second kappa shape index (κ2) is 5.59. The third kappa shape index (κ3) is 2.81. The number of hydrogen-bond donors (Lipinski definition) is 3. The minimum atomic E-state index is 0.239. The lowest BCUT2D eigenvalue weighted by atomic mass is 10.2. The number of H-pyrrole nitrogens is 1. The van der Waals surface area contributed by atoms with Gasteiger partial charge in [0.25, 0.3) is 0 Å². The summed E-state index contributed by atoms with van der Waals surface area (Å²) >= 11 is 0. The van der Waals surface area contributed by atoms with E-state index in [1.54, 1.807) is 6.20 Å². The maximum absolute atomic E-state index is 5.71. The molecule has 1 fully saturated rings. The lowest BCUT2D eigenvalue weighted by molar-refractivity contribution is 0.0368. The van der Waals surface area contributed by atoms with Crippen molar-refractivity contribution in [2.24, 2.45) is 0 Å². The number of ether oxygens (including phenoxy) is 1. The zero-order valence-electron chi connectivity index (χ0n) is 11.5. The van der Waals surface area contributed by atoms with Gasteiger partial charge in [-0.1, -0.05) is 0 Å². The Morgan fingerprint density at radius 2 is 2.25 bits per heavy atom. The van der Waals surface area contributed by atoms with Crippen molar-refractivity contribution in [1.82, 2.24) is 25.1 Å². The van der Waals surface area contributed by atoms with Crippen LogP contribution in [0.1, 0.15) is 6.92 Å². The first-order chi connectivity index (χ1) is 9.72. The molecule has 1 aliphatic heterocycles. The molecule has 2 aromatic heterocycles. The lowest BCUT2D eigenvalue weighted by Gasteiger charge is -2.29. The Balaban J connectivity index is 1.70. The average Bonchev–Trinajstić information content (AvgIpc) is 2.88. The van der Waals surface area contributed by atoms with Crippen LogP contribution in [-0.2, 0) is 4.74 Å². The van der Waals surface area contributed by atoms with Crippen LogP contribution in [-0.4, -0.2) is 64.0 Å². The molecule has 20 heavy (non-hydrogen) atoms. The van der Waals surface area contributed by atoms with Crippen molar-refractivity contribution in [3.8, 4) is 0 Å². The van der Waals surface area contributed by atoms with Gasteiger partial charge in [0, 0.05) is 25.7 Å². The molecule has 2 aromatic rings. The van der Waals surface area contributed by atoms with Crippen LogP contribution < -0.4 is 11.1 Å². The quantitative estimate of drug-likeness (QED) is 0.726. The summed E-state index contributed by atoms with van der Waals surface area (Å²) in [6.45, 7) is 6.61. The Morgan fingerprint density at radius 1 is 1.45 bits per heavy atom. The number of anilines is 2. The molecule has 0 spiro atoms. The fourth-order valence-corrected chi connectivity index (χ4v) is 2.41. The smallest absolute Gasteiger partial charge is 0.224 e. The van der Waals surface area contributed by atoms with Crippen LogP contribution in [0, 0.1) is 0 Å². The maximum Gasteiger partial charge on any atom is 0.224 e. The van der Waals surface area contributed by atoms with E-state index in [2.05, 4.69) is 37.3 Å². The predicted molar refractivity (Wildman–Crippen MR) is 76.4 cm³/mol. The van der Waals surface area contributed by atoms with Crippen molar-refractivity contribution in [2.45, 2.75) is 13.0 Å². The average molecular weight is 277 g/mol. The molecule has 8 nitrogen and oxygen atoms in total. The lowest BCUT2D eigenvalue weighted by Crippen LogP contribution is -2.42. The van der Waals surface area contributed by atoms with Crippen LogP contribution in [0.25, 0.3) is 11.0 Å². The molecule has 1 atom stereocenters. The number of nitrogen functional groups attached to an aromatic ring is 1. The van der Waals surface area contributed by atoms with E-state index in [9.17, 15) is 0 Å². The largest absolute Gasteiger partial charge is 0.379 e. The molecule has 0 amide bonds. The van der Waals surface area contributed by atoms with Gasteiger partial charge in [-0.05, 0) is 6.92 Å². The van der Waals surface area contributed by atoms with Crippen LogP contribution in [0.2, 0.25) is 0 Å². The summed E-state index contributed by atoms with van der Waals surface area (Å²) < 4.78 is 5.35. The standard InChI is InChI=1S/C12H19N7O/c1-8(7-19-2-4-20-5-3-19)15-10-9-6-14-18-11(9)17-12(13)16-10/h6,8H,2-5,7H2,1H3,(H4,13,14,15,16,17,18). The van der Waals surface area contributed by atoms with Crippen LogP contribution >= 0.6 is 0 Å². The van der Waals surface area contributed by atoms with Crippen molar-refractivity contribution in [1.29, 1.82) is 0 Å². The summed E-state index contributed by atoms with van der Waals surface area (Å²) in [5.74, 6) is 0.963. The van der Waals surface area contributed by atoms with E-state index >= 15 is 0 Å². The van der Waals surface area contributed by atoms with Gasteiger partial charge >= 0.3 is 0 Å². The van der Waals surface area contributed by atoms with E-state index < -0.39 is 0 Å². The molecule has 1 unspecified atom stereocenters. The highest BCUT2D eigenvalue weighted by molar-refractivity contribution is 5.86. The van der Waals surface area contributed by atoms with Gasteiger partial charge in [0.05, 0.1) is 24.8 Å². The third-order valence-corrected chi connectivity index (χ3v) is 3.35. The highest BCUT2D eigenvalue weighted by atomic mass is 16.5. The number of hydrogen-bond acceptors (Lipinski definition) is 7. The molecule has 0 radical (unpaired) electrons. The number of fused-ring (bicyclic) bond motifs is 1.